The summed E-state index contributed by atoms with van der Waals surface area (Å²) in [6, 6.07) is 12.7. The molecule has 182 valence electrons. The van der Waals surface area contributed by atoms with E-state index in [9.17, 15) is 18.0 Å². The Morgan fingerprint density at radius 2 is 1.91 bits per heavy atom. The smallest absolute Gasteiger partial charge is 0.319 e. The first-order valence-electron chi connectivity index (χ1n) is 11.0. The maximum absolute atomic E-state index is 15.2. The van der Waals surface area contributed by atoms with Crippen LogP contribution in [0.4, 0.5) is 20.6 Å². The van der Waals surface area contributed by atoms with Gasteiger partial charge in [-0.1, -0.05) is 24.3 Å². The number of halogens is 1. The van der Waals surface area contributed by atoms with Gasteiger partial charge in [0.05, 0.1) is 22.5 Å². The number of hydrogen-bond acceptors (Lipinski definition) is 5. The lowest BCUT2D eigenvalue weighted by Gasteiger charge is -2.33. The SMILES string of the molecule is Cc1ccc(NC(=O)NC2CCCN(c3ccc(-c4ccccc4S(C)(=O)=O)cc3F)C2=O)cn1. The summed E-state index contributed by atoms with van der Waals surface area (Å²) in [5.74, 6) is -1.08. The predicted octanol–water partition coefficient (Wildman–Crippen LogP) is 3.92. The molecule has 3 amide bonds. The lowest BCUT2D eigenvalue weighted by molar-refractivity contribution is -0.121. The minimum atomic E-state index is -3.51. The molecule has 1 fully saturated rings. The molecule has 2 N–H and O–H groups in total. The third kappa shape index (κ3) is 5.48. The van der Waals surface area contributed by atoms with Gasteiger partial charge in [0.1, 0.15) is 11.9 Å². The highest BCUT2D eigenvalue weighted by Crippen LogP contribution is 2.32. The zero-order valence-electron chi connectivity index (χ0n) is 19.3. The zero-order valence-corrected chi connectivity index (χ0v) is 20.1. The number of benzene rings is 2. The zero-order chi connectivity index (χ0) is 25.2. The van der Waals surface area contributed by atoms with Gasteiger partial charge >= 0.3 is 6.03 Å². The molecule has 2 heterocycles. The summed E-state index contributed by atoms with van der Waals surface area (Å²) in [7, 11) is -3.51. The van der Waals surface area contributed by atoms with Gasteiger partial charge in [-0.2, -0.15) is 0 Å². The van der Waals surface area contributed by atoms with Crippen LogP contribution >= 0.6 is 0 Å². The number of carbonyl (C=O) groups is 2. The van der Waals surface area contributed by atoms with Crippen LogP contribution in [0.5, 0.6) is 0 Å². The first kappa shape index (κ1) is 24.3. The van der Waals surface area contributed by atoms with E-state index in [1.54, 1.807) is 36.4 Å². The van der Waals surface area contributed by atoms with Gasteiger partial charge in [-0.25, -0.2) is 17.6 Å². The van der Waals surface area contributed by atoms with Crippen molar-refractivity contribution in [2.75, 3.05) is 23.0 Å². The molecule has 35 heavy (non-hydrogen) atoms. The van der Waals surface area contributed by atoms with E-state index in [2.05, 4.69) is 15.6 Å². The average molecular weight is 497 g/mol. The van der Waals surface area contributed by atoms with Crippen molar-refractivity contribution in [2.45, 2.75) is 30.7 Å². The molecular formula is C25H25FN4O4S. The van der Waals surface area contributed by atoms with Gasteiger partial charge in [-0.05, 0) is 55.7 Å². The van der Waals surface area contributed by atoms with E-state index < -0.39 is 33.6 Å². The van der Waals surface area contributed by atoms with Crippen molar-refractivity contribution in [3.63, 3.8) is 0 Å². The molecule has 0 saturated carbocycles. The number of aryl methyl sites for hydroxylation is 1. The molecule has 1 unspecified atom stereocenters. The molecule has 1 atom stereocenters. The van der Waals surface area contributed by atoms with Crippen LogP contribution in [0.3, 0.4) is 0 Å². The summed E-state index contributed by atoms with van der Waals surface area (Å²) in [5, 5.41) is 5.29. The number of sulfone groups is 1. The lowest BCUT2D eigenvalue weighted by Crippen LogP contribution is -2.53. The van der Waals surface area contributed by atoms with Crippen LogP contribution < -0.4 is 15.5 Å². The van der Waals surface area contributed by atoms with E-state index in [0.29, 0.717) is 36.2 Å². The highest BCUT2D eigenvalue weighted by atomic mass is 32.2. The average Bonchev–Trinajstić information content (AvgIpc) is 2.82. The van der Waals surface area contributed by atoms with E-state index in [1.807, 2.05) is 6.92 Å². The molecule has 1 aromatic heterocycles. The third-order valence-electron chi connectivity index (χ3n) is 5.75. The number of nitrogens with one attached hydrogen (secondary N) is 2. The summed E-state index contributed by atoms with van der Waals surface area (Å²) in [6.07, 6.45) is 3.61. The number of nitrogens with zero attached hydrogens (tertiary/aromatic N) is 2. The minimum absolute atomic E-state index is 0.0743. The van der Waals surface area contributed by atoms with Crippen molar-refractivity contribution in [1.82, 2.24) is 10.3 Å². The van der Waals surface area contributed by atoms with Crippen LogP contribution in [0, 0.1) is 12.7 Å². The number of piperidine rings is 1. The van der Waals surface area contributed by atoms with Crippen molar-refractivity contribution in [3.05, 3.63) is 72.3 Å². The molecule has 3 aromatic rings. The van der Waals surface area contributed by atoms with Crippen molar-refractivity contribution < 1.29 is 22.4 Å². The van der Waals surface area contributed by atoms with Crippen molar-refractivity contribution in [3.8, 4) is 11.1 Å². The summed E-state index contributed by atoms with van der Waals surface area (Å²) in [4.78, 5) is 31.0. The largest absolute Gasteiger partial charge is 0.326 e. The van der Waals surface area contributed by atoms with Gasteiger partial charge in [-0.15, -0.1) is 0 Å². The Kier molecular flexibility index (Phi) is 6.83. The van der Waals surface area contributed by atoms with Crippen LogP contribution in [0.1, 0.15) is 18.5 Å². The molecule has 0 aliphatic carbocycles. The Hall–Kier alpha value is -3.79. The van der Waals surface area contributed by atoms with Crippen LogP contribution in [-0.2, 0) is 14.6 Å². The molecule has 0 bridgehead atoms. The highest BCUT2D eigenvalue weighted by molar-refractivity contribution is 7.90. The molecule has 0 spiro atoms. The molecule has 4 rings (SSSR count). The summed E-state index contributed by atoms with van der Waals surface area (Å²) >= 11 is 0. The maximum atomic E-state index is 15.2. The van der Waals surface area contributed by atoms with E-state index >= 15 is 4.39 Å². The fourth-order valence-electron chi connectivity index (χ4n) is 4.04. The quantitative estimate of drug-likeness (QED) is 0.557. The van der Waals surface area contributed by atoms with Crippen LogP contribution in [0.2, 0.25) is 0 Å². The maximum Gasteiger partial charge on any atom is 0.319 e. The van der Waals surface area contributed by atoms with E-state index in [-0.39, 0.29) is 10.6 Å². The minimum Gasteiger partial charge on any atom is -0.326 e. The van der Waals surface area contributed by atoms with Crippen molar-refractivity contribution in [1.29, 1.82) is 0 Å². The topological polar surface area (TPSA) is 108 Å². The highest BCUT2D eigenvalue weighted by Gasteiger charge is 2.32. The summed E-state index contributed by atoms with van der Waals surface area (Å²) in [6.45, 7) is 2.13. The number of rotatable bonds is 5. The number of aromatic nitrogens is 1. The second-order valence-electron chi connectivity index (χ2n) is 8.41. The molecule has 2 aromatic carbocycles. The predicted molar refractivity (Wildman–Crippen MR) is 131 cm³/mol. The Bertz CT molecular complexity index is 1380. The molecule has 1 aliphatic heterocycles. The molecular weight excluding hydrogens is 471 g/mol. The first-order valence-corrected chi connectivity index (χ1v) is 12.9. The number of pyridine rings is 1. The number of carbonyl (C=O) groups excluding carboxylic acids is 2. The van der Waals surface area contributed by atoms with E-state index in [0.717, 1.165) is 11.9 Å². The fourth-order valence-corrected chi connectivity index (χ4v) is 4.95. The molecule has 1 saturated heterocycles. The van der Waals surface area contributed by atoms with Crippen molar-refractivity contribution >= 4 is 33.2 Å². The molecule has 1 aliphatic rings. The number of urea groups is 1. The summed E-state index contributed by atoms with van der Waals surface area (Å²) < 4.78 is 39.4. The third-order valence-corrected chi connectivity index (χ3v) is 6.90. The lowest BCUT2D eigenvalue weighted by atomic mass is 10.0. The van der Waals surface area contributed by atoms with Gasteiger partial charge in [0.15, 0.2) is 9.84 Å². The number of anilines is 2. The van der Waals surface area contributed by atoms with Crippen LogP contribution in [0.15, 0.2) is 65.7 Å². The fraction of sp³-hybridized carbons (Fsp3) is 0.240. The van der Waals surface area contributed by atoms with Crippen LogP contribution in [-0.4, -0.2) is 44.2 Å². The van der Waals surface area contributed by atoms with Crippen molar-refractivity contribution in [2.24, 2.45) is 0 Å². The first-order chi connectivity index (χ1) is 16.6. The number of hydrogen-bond donors (Lipinski definition) is 2. The Balaban J connectivity index is 1.52. The Morgan fingerprint density at radius 1 is 1.14 bits per heavy atom. The van der Waals surface area contributed by atoms with Crippen LogP contribution in [0.25, 0.3) is 11.1 Å². The number of amides is 3. The van der Waals surface area contributed by atoms with Gasteiger partial charge < -0.3 is 15.5 Å². The van der Waals surface area contributed by atoms with Gasteiger partial charge in [-0.3, -0.25) is 9.78 Å². The van der Waals surface area contributed by atoms with Gasteiger partial charge in [0.2, 0.25) is 5.91 Å². The Morgan fingerprint density at radius 3 is 2.60 bits per heavy atom. The van der Waals surface area contributed by atoms with Gasteiger partial charge in [0.25, 0.3) is 0 Å². The standard InChI is InChI=1S/C25H25FN4O4S/c1-16-9-11-18(15-27-16)28-25(32)29-21-7-5-13-30(24(21)31)22-12-10-17(14-20(22)26)19-6-3-4-8-23(19)35(2,33)34/h3-4,6,8-12,14-15,21H,5,7,13H2,1-2H3,(H2,28,29,32). The summed E-state index contributed by atoms with van der Waals surface area (Å²) in [5.41, 5.74) is 2.14. The van der Waals surface area contributed by atoms with Gasteiger partial charge in [0, 0.05) is 24.1 Å². The molecule has 0 radical (unpaired) electrons. The molecule has 8 nitrogen and oxygen atoms in total. The van der Waals surface area contributed by atoms with E-state index in [1.165, 1.54) is 29.3 Å². The second-order valence-corrected chi connectivity index (χ2v) is 10.4. The second kappa shape index (κ2) is 9.83. The Labute approximate surface area is 203 Å². The monoisotopic (exact) mass is 496 g/mol. The van der Waals surface area contributed by atoms with E-state index in [4.69, 9.17) is 0 Å². The molecule has 10 heteroatoms. The normalized spacial score (nSPS) is 16.1.